The maximum absolute atomic E-state index is 12.3. The number of hydrogen-bond donors (Lipinski definition) is 1. The number of thioether (sulfide) groups is 1. The highest BCUT2D eigenvalue weighted by molar-refractivity contribution is 8.13. The van der Waals surface area contributed by atoms with Gasteiger partial charge in [0.25, 0.3) is 0 Å². The highest BCUT2D eigenvalue weighted by Crippen LogP contribution is 2.35. The molecular weight excluding hydrogens is 332 g/mol. The van der Waals surface area contributed by atoms with Crippen molar-refractivity contribution >= 4 is 28.4 Å². The molecule has 0 atom stereocenters. The van der Waals surface area contributed by atoms with Gasteiger partial charge in [0.2, 0.25) is 0 Å². The van der Waals surface area contributed by atoms with Crippen molar-refractivity contribution in [2.75, 3.05) is 5.32 Å². The van der Waals surface area contributed by atoms with E-state index in [0.29, 0.717) is 10.7 Å². The number of rotatable bonds is 4. The highest BCUT2D eigenvalue weighted by Gasteiger charge is 2.28. The molecule has 0 amide bonds. The fourth-order valence-corrected chi connectivity index (χ4v) is 4.02. The van der Waals surface area contributed by atoms with Gasteiger partial charge in [-0.3, -0.25) is 4.79 Å². The smallest absolute Gasteiger partial charge is 0.199 e. The second-order valence-corrected chi connectivity index (χ2v) is 7.47. The first-order valence-corrected chi connectivity index (χ1v) is 9.43. The van der Waals surface area contributed by atoms with E-state index >= 15 is 0 Å². The number of aryl methyl sites for hydroxylation is 1. The minimum atomic E-state index is 0.178. The number of nitrogens with one attached hydrogen (secondary N) is 1. The molecule has 1 aromatic carbocycles. The van der Waals surface area contributed by atoms with Crippen molar-refractivity contribution in [3.63, 3.8) is 0 Å². The molecule has 6 heteroatoms. The summed E-state index contributed by atoms with van der Waals surface area (Å²) in [5.41, 5.74) is 3.70. The lowest BCUT2D eigenvalue weighted by Gasteiger charge is -2.22. The molecule has 0 unspecified atom stereocenters. The Morgan fingerprint density at radius 3 is 2.64 bits per heavy atom. The van der Waals surface area contributed by atoms with Gasteiger partial charge in [-0.15, -0.1) is 0 Å². The van der Waals surface area contributed by atoms with Gasteiger partial charge in [0.1, 0.15) is 5.82 Å². The SMILES string of the molecule is N#Cc1ccc(Nc2nc(SC(=O)C3CCC3)nc3c2CCC3)cc1. The van der Waals surface area contributed by atoms with Gasteiger partial charge in [-0.25, -0.2) is 9.97 Å². The van der Waals surface area contributed by atoms with Crippen LogP contribution in [0.3, 0.4) is 0 Å². The van der Waals surface area contributed by atoms with Crippen LogP contribution < -0.4 is 5.32 Å². The van der Waals surface area contributed by atoms with E-state index in [2.05, 4.69) is 21.4 Å². The summed E-state index contributed by atoms with van der Waals surface area (Å²) >= 11 is 1.18. The minimum absolute atomic E-state index is 0.178. The molecule has 0 bridgehead atoms. The lowest BCUT2D eigenvalue weighted by Crippen LogP contribution is -2.19. The second-order valence-electron chi connectivity index (χ2n) is 6.50. The van der Waals surface area contributed by atoms with E-state index in [1.165, 1.54) is 11.8 Å². The average Bonchev–Trinajstić information content (AvgIpc) is 3.02. The average molecular weight is 350 g/mol. The van der Waals surface area contributed by atoms with E-state index in [1.54, 1.807) is 12.1 Å². The Hall–Kier alpha value is -2.39. The van der Waals surface area contributed by atoms with Crippen LogP contribution in [0.15, 0.2) is 29.4 Å². The minimum Gasteiger partial charge on any atom is -0.340 e. The summed E-state index contributed by atoms with van der Waals surface area (Å²) in [6.07, 6.45) is 6.09. The van der Waals surface area contributed by atoms with Gasteiger partial charge in [0.05, 0.1) is 17.3 Å². The zero-order valence-electron chi connectivity index (χ0n) is 13.8. The molecule has 2 aliphatic rings. The topological polar surface area (TPSA) is 78.7 Å². The third kappa shape index (κ3) is 3.38. The quantitative estimate of drug-likeness (QED) is 0.663. The Bertz CT molecular complexity index is 853. The number of anilines is 2. The molecule has 1 N–H and O–H groups in total. The molecule has 2 aliphatic carbocycles. The normalized spacial score (nSPS) is 16.0. The summed E-state index contributed by atoms with van der Waals surface area (Å²) in [5.74, 6) is 0.966. The van der Waals surface area contributed by atoms with Crippen molar-refractivity contribution in [3.05, 3.63) is 41.1 Å². The maximum atomic E-state index is 12.3. The molecule has 1 heterocycles. The molecule has 1 aromatic heterocycles. The van der Waals surface area contributed by atoms with Gasteiger partial charge in [-0.1, -0.05) is 6.42 Å². The van der Waals surface area contributed by atoms with Crippen LogP contribution in [0.5, 0.6) is 0 Å². The van der Waals surface area contributed by atoms with Crippen molar-refractivity contribution in [1.82, 2.24) is 9.97 Å². The molecule has 0 saturated heterocycles. The molecule has 0 aliphatic heterocycles. The summed E-state index contributed by atoms with van der Waals surface area (Å²) in [7, 11) is 0. The Balaban J connectivity index is 1.59. The van der Waals surface area contributed by atoms with Crippen molar-refractivity contribution in [2.45, 2.75) is 43.7 Å². The van der Waals surface area contributed by atoms with E-state index in [0.717, 1.165) is 61.3 Å². The number of carbonyl (C=O) groups is 1. The lowest BCUT2D eigenvalue weighted by molar-refractivity contribution is -0.116. The number of hydrogen-bond acceptors (Lipinski definition) is 6. The molecule has 0 radical (unpaired) electrons. The van der Waals surface area contributed by atoms with Crippen LogP contribution in [0, 0.1) is 17.2 Å². The summed E-state index contributed by atoms with van der Waals surface area (Å²) < 4.78 is 0. The van der Waals surface area contributed by atoms with Crippen LogP contribution in [-0.4, -0.2) is 15.1 Å². The largest absolute Gasteiger partial charge is 0.340 e. The predicted molar refractivity (Wildman–Crippen MR) is 96.7 cm³/mol. The molecular formula is C19H18N4OS. The first kappa shape index (κ1) is 16.1. The number of nitrogens with zero attached hydrogens (tertiary/aromatic N) is 3. The predicted octanol–water partition coefficient (Wildman–Crippen LogP) is 4.00. The van der Waals surface area contributed by atoms with Gasteiger partial charge in [0.15, 0.2) is 10.3 Å². The summed E-state index contributed by atoms with van der Waals surface area (Å²) in [5, 5.41) is 13.0. The van der Waals surface area contributed by atoms with E-state index < -0.39 is 0 Å². The number of fused-ring (bicyclic) bond motifs is 1. The summed E-state index contributed by atoms with van der Waals surface area (Å²) in [6.45, 7) is 0. The molecule has 4 rings (SSSR count). The van der Waals surface area contributed by atoms with Crippen molar-refractivity contribution in [1.29, 1.82) is 5.26 Å². The van der Waals surface area contributed by atoms with E-state index in [-0.39, 0.29) is 11.0 Å². The number of benzene rings is 1. The third-order valence-electron chi connectivity index (χ3n) is 4.82. The Morgan fingerprint density at radius 2 is 1.96 bits per heavy atom. The fourth-order valence-electron chi connectivity index (χ4n) is 3.14. The Morgan fingerprint density at radius 1 is 1.16 bits per heavy atom. The first-order valence-electron chi connectivity index (χ1n) is 8.61. The van der Waals surface area contributed by atoms with Crippen molar-refractivity contribution in [3.8, 4) is 6.07 Å². The van der Waals surface area contributed by atoms with E-state index in [4.69, 9.17) is 5.26 Å². The summed E-state index contributed by atoms with van der Waals surface area (Å²) in [4.78, 5) is 21.5. The maximum Gasteiger partial charge on any atom is 0.199 e. The summed E-state index contributed by atoms with van der Waals surface area (Å²) in [6, 6.07) is 9.41. The monoisotopic (exact) mass is 350 g/mol. The van der Waals surface area contributed by atoms with Gasteiger partial charge in [-0.05, 0) is 68.1 Å². The first-order chi connectivity index (χ1) is 12.2. The van der Waals surface area contributed by atoms with Crippen molar-refractivity contribution < 1.29 is 4.79 Å². The highest BCUT2D eigenvalue weighted by atomic mass is 32.2. The molecule has 1 saturated carbocycles. The van der Waals surface area contributed by atoms with Crippen LogP contribution in [0.2, 0.25) is 0 Å². The zero-order valence-corrected chi connectivity index (χ0v) is 14.6. The third-order valence-corrected chi connectivity index (χ3v) is 5.72. The standard InChI is InChI=1S/C19H18N4OS/c20-11-12-7-9-14(10-8-12)21-17-15-5-2-6-16(15)22-19(23-17)25-18(24)13-3-1-4-13/h7-10,13H,1-6H2,(H,21,22,23). The second kappa shape index (κ2) is 6.85. The number of nitriles is 1. The van der Waals surface area contributed by atoms with E-state index in [9.17, 15) is 4.79 Å². The van der Waals surface area contributed by atoms with Gasteiger partial charge in [0, 0.05) is 17.2 Å². The van der Waals surface area contributed by atoms with Crippen LogP contribution in [0.25, 0.3) is 0 Å². The zero-order chi connectivity index (χ0) is 17.2. The van der Waals surface area contributed by atoms with Gasteiger partial charge < -0.3 is 5.32 Å². The van der Waals surface area contributed by atoms with Crippen LogP contribution in [-0.2, 0) is 17.6 Å². The van der Waals surface area contributed by atoms with Gasteiger partial charge >= 0.3 is 0 Å². The Labute approximate surface area is 150 Å². The lowest BCUT2D eigenvalue weighted by atomic mass is 9.87. The Kier molecular flexibility index (Phi) is 4.41. The fraction of sp³-hybridized carbons (Fsp3) is 0.368. The number of aromatic nitrogens is 2. The van der Waals surface area contributed by atoms with Gasteiger partial charge in [-0.2, -0.15) is 5.26 Å². The van der Waals surface area contributed by atoms with E-state index in [1.807, 2.05) is 12.1 Å². The van der Waals surface area contributed by atoms with Crippen molar-refractivity contribution in [2.24, 2.45) is 5.92 Å². The van der Waals surface area contributed by atoms with Crippen LogP contribution >= 0.6 is 11.8 Å². The molecule has 25 heavy (non-hydrogen) atoms. The molecule has 1 fully saturated rings. The molecule has 126 valence electrons. The van der Waals surface area contributed by atoms with Crippen LogP contribution in [0.4, 0.5) is 11.5 Å². The molecule has 2 aromatic rings. The molecule has 5 nitrogen and oxygen atoms in total. The number of carbonyl (C=O) groups excluding carboxylic acids is 1. The molecule has 0 spiro atoms. The van der Waals surface area contributed by atoms with Crippen LogP contribution in [0.1, 0.15) is 42.5 Å².